The second-order valence-electron chi connectivity index (χ2n) is 15.0. The summed E-state index contributed by atoms with van der Waals surface area (Å²) in [4.78, 5) is 63.8. The van der Waals surface area contributed by atoms with Crippen LogP contribution in [0.1, 0.15) is 118 Å². The van der Waals surface area contributed by atoms with E-state index in [2.05, 4.69) is 14.2 Å². The van der Waals surface area contributed by atoms with Gasteiger partial charge in [-0.3, -0.25) is 0 Å². The van der Waals surface area contributed by atoms with Crippen molar-refractivity contribution < 1.29 is 84.7 Å². The lowest BCUT2D eigenvalue weighted by molar-refractivity contribution is -0.256. The molecule has 0 saturated carbocycles. The van der Waals surface area contributed by atoms with Crippen LogP contribution in [0, 0.1) is 5.41 Å². The Bertz CT molecular complexity index is 2400. The summed E-state index contributed by atoms with van der Waals surface area (Å²) in [5.74, 6) is -9.23. The van der Waals surface area contributed by atoms with Gasteiger partial charge in [0.25, 0.3) is 0 Å². The molecule has 0 saturated heterocycles. The number of hydrogen-bond donors (Lipinski definition) is 6. The maximum Gasteiger partial charge on any atom is 0.335 e. The van der Waals surface area contributed by atoms with E-state index in [1.165, 1.54) is 0 Å². The molecular formula is C36H42N3O18S3-3. The van der Waals surface area contributed by atoms with Crippen LogP contribution in [0.25, 0.3) is 0 Å². The standard InChI is InChI=1S/C13H17NO6S.C12H15NO6S.C11H13NO6S/c1-13(2,3)7-14-21(19,20)10-5-8(11(15)16)4-9(6-10)12(17)18;1-12(2,3)13-20(18,19)9-5-7(10(14)15)4-8(6-9)11(16)17;1-6(2)12-19(17,18)9-4-7(10(13)14)3-8(5-9)11(15)16/h4-6,14H,7H2,1-3H3,(H,15,16)(H,17,18);4-6,13H,1-3H3,(H,14,15)(H,16,17);3-6,12H,1-2H3,(H,13,14)(H,15,16)/p-3. The third-order valence-corrected chi connectivity index (χ3v) is 11.5. The molecule has 6 N–H and O–H groups in total. The van der Waals surface area contributed by atoms with Crippen molar-refractivity contribution >= 4 is 65.9 Å². The van der Waals surface area contributed by atoms with Gasteiger partial charge in [0.1, 0.15) is 0 Å². The van der Waals surface area contributed by atoms with Gasteiger partial charge in [-0.05, 0) is 111 Å². The molecule has 0 amide bonds. The molecule has 0 heterocycles. The van der Waals surface area contributed by atoms with Crippen molar-refractivity contribution in [3.8, 4) is 0 Å². The summed E-state index contributed by atoms with van der Waals surface area (Å²) in [6.45, 7) is 13.5. The van der Waals surface area contributed by atoms with Crippen molar-refractivity contribution in [2.24, 2.45) is 5.41 Å². The smallest absolute Gasteiger partial charge is 0.335 e. The highest BCUT2D eigenvalue weighted by molar-refractivity contribution is 7.90. The van der Waals surface area contributed by atoms with E-state index in [0.717, 1.165) is 54.6 Å². The molecule has 0 aromatic heterocycles. The molecule has 0 bridgehead atoms. The number of aromatic carboxylic acids is 6. The fourth-order valence-corrected chi connectivity index (χ4v) is 8.38. The zero-order chi connectivity index (χ0) is 46.9. The summed E-state index contributed by atoms with van der Waals surface area (Å²) in [5, 5.41) is 59.1. The van der Waals surface area contributed by atoms with Crippen molar-refractivity contribution in [3.63, 3.8) is 0 Å². The van der Waals surface area contributed by atoms with Gasteiger partial charge in [-0.25, -0.2) is 53.8 Å². The van der Waals surface area contributed by atoms with Crippen molar-refractivity contribution in [3.05, 3.63) is 88.0 Å². The number of nitrogens with one attached hydrogen (secondary N) is 3. The van der Waals surface area contributed by atoms with Gasteiger partial charge in [-0.2, -0.15) is 0 Å². The van der Waals surface area contributed by atoms with Crippen LogP contribution < -0.4 is 29.5 Å². The Labute approximate surface area is 345 Å². The summed E-state index contributed by atoms with van der Waals surface area (Å²) >= 11 is 0. The zero-order valence-corrected chi connectivity index (χ0v) is 35.6. The van der Waals surface area contributed by atoms with Crippen LogP contribution in [-0.2, 0) is 30.1 Å². The Morgan fingerprint density at radius 2 is 0.800 bits per heavy atom. The topological polar surface area (TPSA) is 371 Å². The zero-order valence-electron chi connectivity index (χ0n) is 33.2. The Morgan fingerprint density at radius 1 is 0.517 bits per heavy atom. The van der Waals surface area contributed by atoms with Crippen LogP contribution in [0.3, 0.4) is 0 Å². The molecule has 0 aliphatic heterocycles. The molecule has 0 aliphatic rings. The van der Waals surface area contributed by atoms with Gasteiger partial charge >= 0.3 is 17.9 Å². The van der Waals surface area contributed by atoms with Gasteiger partial charge in [0, 0.05) is 18.1 Å². The molecular weight excluding hydrogens is 859 g/mol. The van der Waals surface area contributed by atoms with E-state index in [4.69, 9.17) is 15.3 Å². The monoisotopic (exact) mass is 900 g/mol. The molecule has 330 valence electrons. The molecule has 21 nitrogen and oxygen atoms in total. The number of carboxylic acid groups (broad SMARTS) is 6. The molecule has 3 aromatic carbocycles. The number of carbonyl (C=O) groups excluding carboxylic acids is 3. The second kappa shape index (κ2) is 20.0. The fraction of sp³-hybridized carbons (Fsp3) is 0.333. The minimum absolute atomic E-state index is 0.118. The van der Waals surface area contributed by atoms with Gasteiger partial charge in [-0.1, -0.05) is 20.8 Å². The number of hydrogen-bond acceptors (Lipinski definition) is 15. The molecule has 0 radical (unpaired) electrons. The van der Waals surface area contributed by atoms with E-state index in [9.17, 15) is 69.3 Å². The molecule has 3 aromatic rings. The van der Waals surface area contributed by atoms with Gasteiger partial charge in [0.15, 0.2) is 0 Å². The highest BCUT2D eigenvalue weighted by Gasteiger charge is 2.25. The highest BCUT2D eigenvalue weighted by atomic mass is 32.2. The predicted octanol–water partition coefficient (Wildman–Crippen LogP) is -0.667. The van der Waals surface area contributed by atoms with Crippen molar-refractivity contribution in [2.75, 3.05) is 6.54 Å². The Morgan fingerprint density at radius 3 is 1.05 bits per heavy atom. The van der Waals surface area contributed by atoms with Crippen molar-refractivity contribution in [1.82, 2.24) is 14.2 Å². The van der Waals surface area contributed by atoms with Crippen LogP contribution in [0.15, 0.2) is 69.3 Å². The van der Waals surface area contributed by atoms with Crippen molar-refractivity contribution in [2.45, 2.75) is 81.7 Å². The van der Waals surface area contributed by atoms with Crippen LogP contribution in [0.2, 0.25) is 0 Å². The SMILES string of the molecule is CC(C)(C)CNS(=O)(=O)c1cc(C(=O)[O-])cc(C(=O)O)c1.CC(C)(C)NS(=O)(=O)c1cc(C(=O)[O-])cc(C(=O)O)c1.CC(C)NS(=O)(=O)c1cc(C(=O)[O-])cc(C(=O)O)c1. The van der Waals surface area contributed by atoms with E-state index < -0.39 is 126 Å². The lowest BCUT2D eigenvalue weighted by Gasteiger charge is -2.21. The maximum atomic E-state index is 12.1. The molecule has 0 fully saturated rings. The van der Waals surface area contributed by atoms with Gasteiger partial charge in [0.05, 0.1) is 49.3 Å². The highest BCUT2D eigenvalue weighted by Crippen LogP contribution is 2.20. The van der Waals surface area contributed by atoms with E-state index in [1.807, 2.05) is 20.8 Å². The molecule has 0 aliphatic carbocycles. The second-order valence-corrected chi connectivity index (χ2v) is 20.2. The number of carbonyl (C=O) groups is 6. The third-order valence-electron chi connectivity index (χ3n) is 6.72. The summed E-state index contributed by atoms with van der Waals surface area (Å²) < 4.78 is 79.0. The number of sulfonamides is 3. The van der Waals surface area contributed by atoms with E-state index in [1.54, 1.807) is 34.6 Å². The van der Waals surface area contributed by atoms with Crippen molar-refractivity contribution in [1.29, 1.82) is 0 Å². The number of rotatable bonds is 14. The average molecular weight is 901 g/mol. The Balaban J connectivity index is 0.000000451. The average Bonchev–Trinajstić information content (AvgIpc) is 3.08. The summed E-state index contributed by atoms with van der Waals surface area (Å²) in [5.41, 5.74) is -3.97. The third kappa shape index (κ3) is 16.8. The molecule has 0 atom stereocenters. The van der Waals surface area contributed by atoms with Crippen LogP contribution >= 0.6 is 0 Å². The van der Waals surface area contributed by atoms with Crippen LogP contribution in [-0.4, -0.2) is 94.5 Å². The summed E-state index contributed by atoms with van der Waals surface area (Å²) in [6.07, 6.45) is 0. The number of carboxylic acids is 6. The van der Waals surface area contributed by atoms with Gasteiger partial charge in [0.2, 0.25) is 30.1 Å². The van der Waals surface area contributed by atoms with Gasteiger partial charge < -0.3 is 45.0 Å². The first kappa shape index (κ1) is 52.2. The number of benzene rings is 3. The lowest BCUT2D eigenvalue weighted by atomic mass is 9.98. The molecule has 24 heteroatoms. The first-order valence-corrected chi connectivity index (χ1v) is 21.3. The molecule has 0 unspecified atom stereocenters. The van der Waals surface area contributed by atoms with Crippen LogP contribution in [0.4, 0.5) is 0 Å². The van der Waals surface area contributed by atoms with E-state index >= 15 is 0 Å². The normalized spacial score (nSPS) is 11.9. The van der Waals surface area contributed by atoms with Gasteiger partial charge in [-0.15, -0.1) is 0 Å². The largest absolute Gasteiger partial charge is 0.545 e. The van der Waals surface area contributed by atoms with E-state index in [0.29, 0.717) is 0 Å². The first-order chi connectivity index (χ1) is 27.0. The summed E-state index contributed by atoms with van der Waals surface area (Å²) in [7, 11) is -12.0. The fourth-order valence-electron chi connectivity index (χ4n) is 4.22. The van der Waals surface area contributed by atoms with E-state index in [-0.39, 0.29) is 12.0 Å². The maximum absolute atomic E-state index is 12.1. The predicted molar refractivity (Wildman–Crippen MR) is 203 cm³/mol. The summed E-state index contributed by atoms with van der Waals surface area (Å²) in [6, 6.07) is 7.38. The quantitative estimate of drug-likeness (QED) is 0.117. The molecule has 60 heavy (non-hydrogen) atoms. The first-order valence-electron chi connectivity index (χ1n) is 16.8. The molecule has 0 spiro atoms. The molecule has 3 rings (SSSR count). The Hall–Kier alpha value is -5.79. The van der Waals surface area contributed by atoms with Crippen LogP contribution in [0.5, 0.6) is 0 Å². The lowest BCUT2D eigenvalue weighted by Crippen LogP contribution is -2.40. The minimum atomic E-state index is -4.03. The minimum Gasteiger partial charge on any atom is -0.545 e. The Kier molecular flexibility index (Phi) is 17.4.